The summed E-state index contributed by atoms with van der Waals surface area (Å²) in [5.74, 6) is -1.06. The number of rotatable bonds is 1. The van der Waals surface area contributed by atoms with Crippen molar-refractivity contribution in [3.05, 3.63) is 35.6 Å². The van der Waals surface area contributed by atoms with Gasteiger partial charge >= 0.3 is 6.03 Å². The minimum Gasteiger partial charge on any atom is -0.319 e. The first-order valence-electron chi connectivity index (χ1n) is 4.42. The molecule has 0 spiro atoms. The van der Waals surface area contributed by atoms with Gasteiger partial charge in [0.25, 0.3) is 5.91 Å². The predicted octanol–water partition coefficient (Wildman–Crippen LogP) is 0.880. The number of urea groups is 1. The van der Waals surface area contributed by atoms with Crippen molar-refractivity contribution in [1.29, 1.82) is 0 Å². The van der Waals surface area contributed by atoms with Crippen molar-refractivity contribution in [2.24, 2.45) is 0 Å². The van der Waals surface area contributed by atoms with Gasteiger partial charge in [-0.05, 0) is 13.0 Å². The summed E-state index contributed by atoms with van der Waals surface area (Å²) >= 11 is 0. The molecule has 1 aliphatic rings. The van der Waals surface area contributed by atoms with Gasteiger partial charge < -0.3 is 5.32 Å². The second kappa shape index (κ2) is 3.05. The predicted molar refractivity (Wildman–Crippen MR) is 50.4 cm³/mol. The maximum absolute atomic E-state index is 13.5. The third kappa shape index (κ3) is 1.36. The van der Waals surface area contributed by atoms with Crippen LogP contribution in [0.2, 0.25) is 0 Å². The van der Waals surface area contributed by atoms with Crippen molar-refractivity contribution in [1.82, 2.24) is 10.6 Å². The molecule has 1 aliphatic heterocycles. The Morgan fingerprint density at radius 1 is 1.27 bits per heavy atom. The zero-order chi connectivity index (χ0) is 11.1. The molecule has 1 atom stereocenters. The molecule has 0 saturated carbocycles. The van der Waals surface area contributed by atoms with Crippen LogP contribution in [-0.4, -0.2) is 11.9 Å². The Morgan fingerprint density at radius 2 is 1.93 bits per heavy atom. The summed E-state index contributed by atoms with van der Waals surface area (Å²) in [5, 5.41) is 4.47. The van der Waals surface area contributed by atoms with Crippen molar-refractivity contribution in [2.75, 3.05) is 0 Å². The summed E-state index contributed by atoms with van der Waals surface area (Å²) in [6.45, 7) is 1.46. The lowest BCUT2D eigenvalue weighted by Gasteiger charge is -2.21. The number of hydrogen-bond acceptors (Lipinski definition) is 2. The SMILES string of the molecule is CC1(c2ccccc2F)NC(=O)NC1=O. The number of halogens is 1. The molecule has 1 heterocycles. The van der Waals surface area contributed by atoms with Crippen molar-refractivity contribution in [3.8, 4) is 0 Å². The largest absolute Gasteiger partial charge is 0.322 e. The van der Waals surface area contributed by atoms with Crippen LogP contribution in [-0.2, 0) is 10.3 Å². The van der Waals surface area contributed by atoms with Gasteiger partial charge in [-0.2, -0.15) is 0 Å². The Kier molecular flexibility index (Phi) is 1.96. The number of nitrogens with one attached hydrogen (secondary N) is 2. The highest BCUT2D eigenvalue weighted by Crippen LogP contribution is 2.26. The number of imide groups is 1. The molecular weight excluding hydrogens is 199 g/mol. The monoisotopic (exact) mass is 208 g/mol. The van der Waals surface area contributed by atoms with E-state index in [2.05, 4.69) is 10.6 Å². The molecule has 15 heavy (non-hydrogen) atoms. The number of carbonyl (C=O) groups excluding carboxylic acids is 2. The third-order valence-corrected chi connectivity index (χ3v) is 2.46. The number of benzene rings is 1. The van der Waals surface area contributed by atoms with Crippen LogP contribution in [0.1, 0.15) is 12.5 Å². The van der Waals surface area contributed by atoms with Crippen LogP contribution in [0.5, 0.6) is 0 Å². The third-order valence-electron chi connectivity index (χ3n) is 2.46. The zero-order valence-corrected chi connectivity index (χ0v) is 8.00. The maximum Gasteiger partial charge on any atom is 0.322 e. The highest BCUT2D eigenvalue weighted by atomic mass is 19.1. The first kappa shape index (κ1) is 9.64. The highest BCUT2D eigenvalue weighted by molar-refractivity contribution is 6.07. The molecule has 1 saturated heterocycles. The van der Waals surface area contributed by atoms with Gasteiger partial charge in [-0.3, -0.25) is 10.1 Å². The number of hydrogen-bond donors (Lipinski definition) is 2. The van der Waals surface area contributed by atoms with E-state index in [-0.39, 0.29) is 5.56 Å². The molecule has 1 aromatic rings. The summed E-state index contributed by atoms with van der Waals surface area (Å²) in [4.78, 5) is 22.5. The van der Waals surface area contributed by atoms with Gasteiger partial charge in [0.05, 0.1) is 0 Å². The van der Waals surface area contributed by atoms with Gasteiger partial charge in [0.15, 0.2) is 0 Å². The van der Waals surface area contributed by atoms with Crippen LogP contribution in [0.3, 0.4) is 0 Å². The molecule has 2 rings (SSSR count). The Morgan fingerprint density at radius 3 is 2.47 bits per heavy atom. The molecule has 3 amide bonds. The van der Waals surface area contributed by atoms with Crippen molar-refractivity contribution in [3.63, 3.8) is 0 Å². The molecule has 1 aromatic carbocycles. The van der Waals surface area contributed by atoms with E-state index >= 15 is 0 Å². The van der Waals surface area contributed by atoms with Crippen LogP contribution in [0.15, 0.2) is 24.3 Å². The van der Waals surface area contributed by atoms with Gasteiger partial charge in [0, 0.05) is 5.56 Å². The lowest BCUT2D eigenvalue weighted by Crippen LogP contribution is -2.41. The van der Waals surface area contributed by atoms with Gasteiger partial charge in [-0.15, -0.1) is 0 Å². The lowest BCUT2D eigenvalue weighted by atomic mass is 9.92. The van der Waals surface area contributed by atoms with Crippen LogP contribution in [0.4, 0.5) is 9.18 Å². The van der Waals surface area contributed by atoms with E-state index in [1.54, 1.807) is 6.07 Å². The van der Waals surface area contributed by atoms with Gasteiger partial charge in [0.1, 0.15) is 11.4 Å². The number of carbonyl (C=O) groups is 2. The second-order valence-electron chi connectivity index (χ2n) is 3.51. The molecule has 78 valence electrons. The van der Waals surface area contributed by atoms with Crippen LogP contribution >= 0.6 is 0 Å². The van der Waals surface area contributed by atoms with Crippen LogP contribution in [0.25, 0.3) is 0 Å². The van der Waals surface area contributed by atoms with E-state index in [4.69, 9.17) is 0 Å². The number of amides is 3. The first-order chi connectivity index (χ1) is 7.04. The quantitative estimate of drug-likeness (QED) is 0.673. The Hall–Kier alpha value is -1.91. The van der Waals surface area contributed by atoms with E-state index in [9.17, 15) is 14.0 Å². The second-order valence-corrected chi connectivity index (χ2v) is 3.51. The Labute approximate surface area is 85.5 Å². The minimum absolute atomic E-state index is 0.161. The fourth-order valence-corrected chi connectivity index (χ4v) is 1.60. The molecule has 2 N–H and O–H groups in total. The Balaban J connectivity index is 2.51. The van der Waals surface area contributed by atoms with E-state index < -0.39 is 23.3 Å². The maximum atomic E-state index is 13.5. The fraction of sp³-hybridized carbons (Fsp3) is 0.200. The summed E-state index contributed by atoms with van der Waals surface area (Å²) in [5.41, 5.74) is -1.16. The summed E-state index contributed by atoms with van der Waals surface area (Å²) in [6.07, 6.45) is 0. The molecule has 1 unspecified atom stereocenters. The fourth-order valence-electron chi connectivity index (χ4n) is 1.60. The molecule has 5 heteroatoms. The smallest absolute Gasteiger partial charge is 0.319 e. The normalized spacial score (nSPS) is 24.9. The summed E-state index contributed by atoms with van der Waals surface area (Å²) < 4.78 is 13.5. The average Bonchev–Trinajstić information content (AvgIpc) is 2.42. The average molecular weight is 208 g/mol. The van der Waals surface area contributed by atoms with Crippen molar-refractivity contribution < 1.29 is 14.0 Å². The zero-order valence-electron chi connectivity index (χ0n) is 8.00. The standard InChI is InChI=1S/C10H9FN2O2/c1-10(8(14)12-9(15)13-10)6-4-2-3-5-7(6)11/h2-5H,1H3,(H2,12,13,14,15). The summed E-state index contributed by atoms with van der Waals surface area (Å²) in [7, 11) is 0. The van der Waals surface area contributed by atoms with Gasteiger partial charge in [-0.1, -0.05) is 18.2 Å². The van der Waals surface area contributed by atoms with Crippen LogP contribution < -0.4 is 10.6 Å². The molecule has 0 aromatic heterocycles. The lowest BCUT2D eigenvalue weighted by molar-refractivity contribution is -0.123. The molecule has 0 aliphatic carbocycles. The first-order valence-corrected chi connectivity index (χ1v) is 4.42. The van der Waals surface area contributed by atoms with Crippen molar-refractivity contribution in [2.45, 2.75) is 12.5 Å². The molecule has 0 bridgehead atoms. The van der Waals surface area contributed by atoms with E-state index in [0.29, 0.717) is 0 Å². The minimum atomic E-state index is -1.32. The highest BCUT2D eigenvalue weighted by Gasteiger charge is 2.44. The van der Waals surface area contributed by atoms with Crippen LogP contribution in [0, 0.1) is 5.82 Å². The summed E-state index contributed by atoms with van der Waals surface area (Å²) in [6, 6.07) is 5.25. The molecule has 1 fully saturated rings. The van der Waals surface area contributed by atoms with E-state index in [1.165, 1.54) is 25.1 Å². The Bertz CT molecular complexity index is 447. The van der Waals surface area contributed by atoms with Gasteiger partial charge in [-0.25, -0.2) is 9.18 Å². The van der Waals surface area contributed by atoms with Gasteiger partial charge in [0.2, 0.25) is 0 Å². The molecule has 4 nitrogen and oxygen atoms in total. The molecule has 0 radical (unpaired) electrons. The van der Waals surface area contributed by atoms with E-state index in [1.807, 2.05) is 0 Å². The van der Waals surface area contributed by atoms with Crippen molar-refractivity contribution >= 4 is 11.9 Å². The van der Waals surface area contributed by atoms with E-state index in [0.717, 1.165) is 0 Å². The molecular formula is C10H9FN2O2. The topological polar surface area (TPSA) is 58.2 Å².